The van der Waals surface area contributed by atoms with E-state index < -0.39 is 39.2 Å². The Morgan fingerprint density at radius 1 is 0.756 bits per heavy atom. The minimum absolute atomic E-state index is 0.000461. The summed E-state index contributed by atoms with van der Waals surface area (Å²) >= 11 is 14.8. The summed E-state index contributed by atoms with van der Waals surface area (Å²) in [4.78, 5) is 38.7. The molecule has 1 heterocycles. The number of nitrogens with one attached hydrogen (secondary N) is 1. The van der Waals surface area contributed by atoms with Crippen LogP contribution in [-0.2, 0) is 30.3 Å². The Morgan fingerprint density at radius 2 is 1.22 bits per heavy atom. The van der Waals surface area contributed by atoms with Gasteiger partial charge >= 0.3 is 6.18 Å². The largest absolute Gasteiger partial charge is 0.418 e. The molecule has 7 rings (SSSR count). The summed E-state index contributed by atoms with van der Waals surface area (Å²) in [5.74, 6) is -3.01. The number of carbonyl (C=O) groups excluding carboxylic acids is 3. The van der Waals surface area contributed by atoms with Gasteiger partial charge in [0.25, 0.3) is 0 Å². The fourth-order valence-electron chi connectivity index (χ4n) is 6.73. The van der Waals surface area contributed by atoms with Gasteiger partial charge in [0.05, 0.1) is 23.1 Å². The Bertz CT molecular complexity index is 1450. The number of halogens is 5. The first-order valence-corrected chi connectivity index (χ1v) is 14.2. The highest BCUT2D eigenvalue weighted by Crippen LogP contribution is 2.69. The number of anilines is 1. The monoisotopic (exact) mass is 600 g/mol. The summed E-state index contributed by atoms with van der Waals surface area (Å²) < 4.78 is 39.6. The van der Waals surface area contributed by atoms with Crippen LogP contribution < -0.4 is 5.32 Å². The molecule has 2 bridgehead atoms. The number of amides is 3. The van der Waals surface area contributed by atoms with Gasteiger partial charge in [0.2, 0.25) is 17.7 Å². The van der Waals surface area contributed by atoms with Crippen LogP contribution in [0, 0.1) is 11.8 Å². The fourth-order valence-corrected chi connectivity index (χ4v) is 7.83. The lowest BCUT2D eigenvalue weighted by molar-refractivity contribution is -0.140. The zero-order valence-electron chi connectivity index (χ0n) is 21.7. The molecule has 3 aromatic rings. The molecule has 0 spiro atoms. The number of para-hydroxylation sites is 1. The van der Waals surface area contributed by atoms with Crippen LogP contribution in [0.25, 0.3) is 0 Å². The third-order valence-corrected chi connectivity index (χ3v) is 9.75. The van der Waals surface area contributed by atoms with Crippen LogP contribution in [0.1, 0.15) is 53.5 Å². The van der Waals surface area contributed by atoms with E-state index in [0.717, 1.165) is 28.3 Å². The maximum atomic E-state index is 13.8. The lowest BCUT2D eigenvalue weighted by atomic mass is 9.54. The maximum Gasteiger partial charge on any atom is 0.418 e. The van der Waals surface area contributed by atoms with Gasteiger partial charge in [-0.05, 0) is 47.2 Å². The molecule has 4 aliphatic rings. The SMILES string of the molecule is O=C(CCCCCN1C(=O)[C@@H]2[C@@H](C1=O)C1(Cl)c3ccccc3C2(Cl)c2ccccc21)Nc1ccccc1C(F)(F)F. The zero-order chi connectivity index (χ0) is 29.2. The Kier molecular flexibility index (Phi) is 6.70. The first-order chi connectivity index (χ1) is 19.5. The van der Waals surface area contributed by atoms with Crippen molar-refractivity contribution in [2.75, 3.05) is 11.9 Å². The van der Waals surface area contributed by atoms with E-state index in [1.807, 2.05) is 48.5 Å². The number of alkyl halides is 5. The standard InChI is InChI=1S/C31H25Cl2F3N2O3/c32-29-18-10-3-4-11-19(18)30(33,21-13-6-5-12-20(21)29)26-25(29)27(40)38(28(26)41)17-9-1-2-16-24(39)37-23-15-8-7-14-22(23)31(34,35)36/h3-8,10-15,25-26H,1-2,9,16-17H2,(H,37,39)/t25-,26-,29?,30?/m0/s1. The summed E-state index contributed by atoms with van der Waals surface area (Å²) in [6, 6.07) is 19.6. The van der Waals surface area contributed by atoms with Crippen molar-refractivity contribution < 1.29 is 27.6 Å². The Balaban J connectivity index is 1.14. The normalized spacial score (nSPS) is 26.0. The van der Waals surface area contributed by atoms with Crippen LogP contribution >= 0.6 is 23.2 Å². The average molecular weight is 601 g/mol. The lowest BCUT2D eigenvalue weighted by Crippen LogP contribution is -2.57. The second kappa shape index (κ2) is 9.88. The highest BCUT2D eigenvalue weighted by molar-refractivity contribution is 6.36. The van der Waals surface area contributed by atoms with Gasteiger partial charge in [-0.25, -0.2) is 0 Å². The number of imide groups is 1. The summed E-state index contributed by atoms with van der Waals surface area (Å²) in [5, 5.41) is 2.33. The summed E-state index contributed by atoms with van der Waals surface area (Å²) in [7, 11) is 0. The minimum Gasteiger partial charge on any atom is -0.326 e. The third kappa shape index (κ3) is 4.09. The topological polar surface area (TPSA) is 66.5 Å². The van der Waals surface area contributed by atoms with Crippen molar-refractivity contribution in [3.8, 4) is 0 Å². The molecule has 1 aliphatic heterocycles. The van der Waals surface area contributed by atoms with Crippen LogP contribution in [0.4, 0.5) is 18.9 Å². The summed E-state index contributed by atoms with van der Waals surface area (Å²) in [6.45, 7) is 0.135. The Hall–Kier alpha value is -3.36. The van der Waals surface area contributed by atoms with Crippen molar-refractivity contribution in [2.45, 2.75) is 41.6 Å². The molecular formula is C31H25Cl2F3N2O3. The van der Waals surface area contributed by atoms with Gasteiger partial charge in [-0.2, -0.15) is 13.2 Å². The number of nitrogens with zero attached hydrogens (tertiary/aromatic N) is 1. The van der Waals surface area contributed by atoms with Crippen LogP contribution in [0.15, 0.2) is 72.8 Å². The van der Waals surface area contributed by atoms with Crippen molar-refractivity contribution in [3.63, 3.8) is 0 Å². The van der Waals surface area contributed by atoms with Crippen molar-refractivity contribution in [3.05, 3.63) is 101 Å². The number of benzene rings is 3. The number of hydrogen-bond acceptors (Lipinski definition) is 3. The molecule has 212 valence electrons. The van der Waals surface area contributed by atoms with E-state index in [2.05, 4.69) is 5.32 Å². The fraction of sp³-hybridized carbons (Fsp3) is 0.323. The molecule has 5 nitrogen and oxygen atoms in total. The second-order valence-electron chi connectivity index (χ2n) is 10.7. The highest BCUT2D eigenvalue weighted by atomic mass is 35.5. The minimum atomic E-state index is -4.58. The molecule has 1 saturated heterocycles. The Morgan fingerprint density at radius 3 is 1.71 bits per heavy atom. The van der Waals surface area contributed by atoms with Gasteiger partial charge < -0.3 is 5.32 Å². The van der Waals surface area contributed by atoms with Crippen LogP contribution in [0.3, 0.4) is 0 Å². The van der Waals surface area contributed by atoms with Crippen LogP contribution in [0.2, 0.25) is 0 Å². The lowest BCUT2D eigenvalue weighted by Gasteiger charge is -2.54. The van der Waals surface area contributed by atoms with Crippen molar-refractivity contribution >= 4 is 46.6 Å². The predicted octanol–water partition coefficient (Wildman–Crippen LogP) is 6.80. The molecular weight excluding hydrogens is 576 g/mol. The van der Waals surface area contributed by atoms with Gasteiger partial charge in [-0.3, -0.25) is 19.3 Å². The van der Waals surface area contributed by atoms with Gasteiger partial charge in [0.15, 0.2) is 0 Å². The molecule has 3 aliphatic carbocycles. The number of unbranched alkanes of at least 4 members (excludes halogenated alkanes) is 2. The van der Waals surface area contributed by atoms with E-state index in [1.165, 1.54) is 23.1 Å². The molecule has 2 atom stereocenters. The van der Waals surface area contributed by atoms with Gasteiger partial charge in [0.1, 0.15) is 9.75 Å². The van der Waals surface area contributed by atoms with E-state index in [9.17, 15) is 27.6 Å². The molecule has 3 aromatic carbocycles. The quantitative estimate of drug-likeness (QED) is 0.184. The summed E-state index contributed by atoms with van der Waals surface area (Å²) in [5.41, 5.74) is 1.74. The zero-order valence-corrected chi connectivity index (χ0v) is 23.2. The average Bonchev–Trinajstić information content (AvgIpc) is 3.21. The van der Waals surface area contributed by atoms with E-state index in [1.54, 1.807) is 0 Å². The van der Waals surface area contributed by atoms with E-state index in [0.29, 0.717) is 19.3 Å². The van der Waals surface area contributed by atoms with Crippen LogP contribution in [0.5, 0.6) is 0 Å². The van der Waals surface area contributed by atoms with E-state index in [4.69, 9.17) is 23.2 Å². The number of likely N-dealkylation sites (tertiary alicyclic amines) is 1. The Labute approximate surface area is 244 Å². The first kappa shape index (κ1) is 27.8. The van der Waals surface area contributed by atoms with E-state index in [-0.39, 0.29) is 30.5 Å². The van der Waals surface area contributed by atoms with Crippen molar-refractivity contribution in [1.82, 2.24) is 4.90 Å². The molecule has 0 radical (unpaired) electrons. The van der Waals surface area contributed by atoms with Crippen molar-refractivity contribution in [2.24, 2.45) is 11.8 Å². The van der Waals surface area contributed by atoms with Crippen LogP contribution in [-0.4, -0.2) is 29.2 Å². The molecule has 1 fully saturated rings. The molecule has 3 amide bonds. The number of rotatable bonds is 7. The number of hydrogen-bond donors (Lipinski definition) is 1. The molecule has 10 heteroatoms. The number of carbonyl (C=O) groups is 3. The second-order valence-corrected chi connectivity index (χ2v) is 11.9. The van der Waals surface area contributed by atoms with Gasteiger partial charge in [0, 0.05) is 13.0 Å². The van der Waals surface area contributed by atoms with Crippen molar-refractivity contribution in [1.29, 1.82) is 0 Å². The molecule has 0 unspecified atom stereocenters. The highest BCUT2D eigenvalue weighted by Gasteiger charge is 2.72. The first-order valence-electron chi connectivity index (χ1n) is 13.4. The smallest absolute Gasteiger partial charge is 0.326 e. The molecule has 0 saturated carbocycles. The molecule has 41 heavy (non-hydrogen) atoms. The summed E-state index contributed by atoms with van der Waals surface area (Å²) in [6.07, 6.45) is -3.30. The predicted molar refractivity (Wildman–Crippen MR) is 148 cm³/mol. The van der Waals surface area contributed by atoms with E-state index >= 15 is 0 Å². The molecule has 0 aromatic heterocycles. The van der Waals surface area contributed by atoms with Gasteiger partial charge in [-0.1, -0.05) is 67.1 Å². The third-order valence-electron chi connectivity index (χ3n) is 8.47. The van der Waals surface area contributed by atoms with Gasteiger partial charge in [-0.15, -0.1) is 23.2 Å². The maximum absolute atomic E-state index is 13.8. The molecule has 1 N–H and O–H groups in total.